The number of rotatable bonds is 9. The van der Waals surface area contributed by atoms with Gasteiger partial charge in [-0.1, -0.05) is 39.0 Å². The van der Waals surface area contributed by atoms with Gasteiger partial charge >= 0.3 is 6.18 Å². The maximum Gasteiger partial charge on any atom is 0.416 e. The number of ether oxygens (including phenoxy) is 1. The van der Waals surface area contributed by atoms with Crippen LogP contribution in [-0.2, 0) is 25.6 Å². The minimum atomic E-state index is -4.60. The molecule has 260 valence electrons. The summed E-state index contributed by atoms with van der Waals surface area (Å²) in [4.78, 5) is 25.1. The normalized spacial score (nSPS) is 18.0. The number of methoxy groups -OCH3 is 1. The standard InChI is InChI=1S/C37H49F3N4O3Si/c1-26-10-11-27(20-34(26)47-48(6,7)36(2,3)4)19-31-25-43(16-15-42-14-12-33-28(24-42)9-8-13-41-33)17-18-44(31)35(45)29-21-30(37(38,39)40)23-32(22-29)46-5/h8-11,13,20-23,31H,12,14-19,24-25H2,1-7H3/t31-/m1/s1. The van der Waals surface area contributed by atoms with Crippen LogP contribution < -0.4 is 9.16 Å². The molecule has 0 N–H and O–H groups in total. The lowest BCUT2D eigenvalue weighted by Crippen LogP contribution is -2.57. The van der Waals surface area contributed by atoms with Crippen LogP contribution in [0.15, 0.2) is 54.7 Å². The number of alkyl halides is 3. The van der Waals surface area contributed by atoms with Gasteiger partial charge in [0.1, 0.15) is 11.5 Å². The lowest BCUT2D eigenvalue weighted by atomic mass is 9.99. The van der Waals surface area contributed by atoms with Gasteiger partial charge in [-0.15, -0.1) is 0 Å². The summed E-state index contributed by atoms with van der Waals surface area (Å²) in [5.74, 6) is 0.439. The summed E-state index contributed by atoms with van der Waals surface area (Å²) >= 11 is 0. The number of aryl methyl sites for hydroxylation is 1. The van der Waals surface area contributed by atoms with Crippen molar-refractivity contribution in [1.29, 1.82) is 0 Å². The summed E-state index contributed by atoms with van der Waals surface area (Å²) in [5.41, 5.74) is 3.60. The van der Waals surface area contributed by atoms with Crippen LogP contribution in [0.3, 0.4) is 0 Å². The number of amides is 1. The van der Waals surface area contributed by atoms with Crippen molar-refractivity contribution in [2.24, 2.45) is 0 Å². The number of aromatic nitrogens is 1. The molecular weight excluding hydrogens is 634 g/mol. The van der Waals surface area contributed by atoms with Crippen LogP contribution in [-0.4, -0.2) is 86.3 Å². The van der Waals surface area contributed by atoms with E-state index in [9.17, 15) is 18.0 Å². The molecule has 1 atom stereocenters. The van der Waals surface area contributed by atoms with Crippen molar-refractivity contribution in [3.63, 3.8) is 0 Å². The van der Waals surface area contributed by atoms with E-state index in [1.807, 2.05) is 19.2 Å². The fraction of sp³-hybridized carbons (Fsp3) is 0.514. The third-order valence-electron chi connectivity index (χ3n) is 10.2. The van der Waals surface area contributed by atoms with Crippen LogP contribution in [0.1, 0.15) is 59.1 Å². The van der Waals surface area contributed by atoms with E-state index in [0.29, 0.717) is 26.1 Å². The van der Waals surface area contributed by atoms with Gasteiger partial charge in [0.2, 0.25) is 8.32 Å². The molecule has 1 fully saturated rings. The Morgan fingerprint density at radius 2 is 1.75 bits per heavy atom. The second-order valence-electron chi connectivity index (χ2n) is 14.7. The first-order valence-electron chi connectivity index (χ1n) is 16.8. The van der Waals surface area contributed by atoms with Crippen LogP contribution in [0.4, 0.5) is 13.2 Å². The van der Waals surface area contributed by atoms with Gasteiger partial charge in [-0.25, -0.2) is 0 Å². The monoisotopic (exact) mass is 682 g/mol. The molecule has 5 rings (SSSR count). The first-order chi connectivity index (χ1) is 22.5. The zero-order chi connectivity index (χ0) is 34.9. The van der Waals surface area contributed by atoms with Crippen LogP contribution in [0, 0.1) is 6.92 Å². The molecule has 0 bridgehead atoms. The van der Waals surface area contributed by atoms with Crippen molar-refractivity contribution < 1.29 is 27.1 Å². The summed E-state index contributed by atoms with van der Waals surface area (Å²) in [7, 11) is -0.794. The van der Waals surface area contributed by atoms with Gasteiger partial charge < -0.3 is 14.1 Å². The lowest BCUT2D eigenvalue weighted by molar-refractivity contribution is -0.137. The van der Waals surface area contributed by atoms with Crippen molar-refractivity contribution in [2.45, 2.75) is 77.4 Å². The van der Waals surface area contributed by atoms with Crippen molar-refractivity contribution in [2.75, 3.05) is 46.4 Å². The van der Waals surface area contributed by atoms with E-state index in [1.165, 1.54) is 24.4 Å². The highest BCUT2D eigenvalue weighted by Crippen LogP contribution is 2.39. The Kier molecular flexibility index (Phi) is 10.6. The number of fused-ring (bicyclic) bond motifs is 1. The smallest absolute Gasteiger partial charge is 0.416 e. The van der Waals surface area contributed by atoms with Gasteiger partial charge in [0.15, 0.2) is 0 Å². The SMILES string of the molecule is COc1cc(C(=O)N2CCN(CCN3CCc4ncccc4C3)C[C@H]2Cc2ccc(C)c(O[Si](C)(C)C(C)(C)C)c2)cc(C(F)(F)F)c1. The van der Waals surface area contributed by atoms with E-state index in [1.54, 1.807) is 4.90 Å². The summed E-state index contributed by atoms with van der Waals surface area (Å²) in [6.07, 6.45) is -1.28. The van der Waals surface area contributed by atoms with Crippen LogP contribution >= 0.6 is 0 Å². The van der Waals surface area contributed by atoms with Gasteiger partial charge in [0.05, 0.1) is 12.7 Å². The molecule has 0 aliphatic carbocycles. The topological polar surface area (TPSA) is 58.1 Å². The summed E-state index contributed by atoms with van der Waals surface area (Å²) in [5, 5.41) is 0.0293. The maximum atomic E-state index is 14.0. The number of piperazine rings is 1. The average Bonchev–Trinajstić information content (AvgIpc) is 3.03. The predicted molar refractivity (Wildman–Crippen MR) is 185 cm³/mol. The number of halogens is 3. The Hall–Kier alpha value is -3.41. The molecule has 1 aromatic heterocycles. The van der Waals surface area contributed by atoms with Gasteiger partial charge in [-0.2, -0.15) is 13.2 Å². The van der Waals surface area contributed by atoms with Gasteiger partial charge in [0, 0.05) is 75.7 Å². The minimum Gasteiger partial charge on any atom is -0.543 e. The number of hydrogen-bond donors (Lipinski definition) is 0. The highest BCUT2D eigenvalue weighted by atomic mass is 28.4. The molecule has 48 heavy (non-hydrogen) atoms. The molecule has 3 heterocycles. The second-order valence-corrected chi connectivity index (χ2v) is 19.4. The highest BCUT2D eigenvalue weighted by molar-refractivity contribution is 6.74. The van der Waals surface area contributed by atoms with E-state index in [-0.39, 0.29) is 22.4 Å². The van der Waals surface area contributed by atoms with E-state index in [2.05, 4.69) is 72.9 Å². The average molecular weight is 683 g/mol. The third kappa shape index (κ3) is 8.41. The van der Waals surface area contributed by atoms with Crippen LogP contribution in [0.5, 0.6) is 11.5 Å². The first kappa shape index (κ1) is 35.9. The molecule has 0 spiro atoms. The summed E-state index contributed by atoms with van der Waals surface area (Å²) in [6.45, 7) is 18.3. The number of hydrogen-bond acceptors (Lipinski definition) is 6. The van der Waals surface area contributed by atoms with Gasteiger partial charge in [0.25, 0.3) is 5.91 Å². The zero-order valence-electron chi connectivity index (χ0n) is 29.3. The predicted octanol–water partition coefficient (Wildman–Crippen LogP) is 7.23. The molecule has 0 unspecified atom stereocenters. The molecule has 3 aromatic rings. The molecule has 1 amide bonds. The molecule has 2 aromatic carbocycles. The van der Waals surface area contributed by atoms with Gasteiger partial charge in [-0.3, -0.25) is 19.6 Å². The maximum absolute atomic E-state index is 14.0. The third-order valence-corrected chi connectivity index (χ3v) is 14.6. The number of carbonyl (C=O) groups is 1. The molecule has 0 radical (unpaired) electrons. The zero-order valence-corrected chi connectivity index (χ0v) is 30.3. The Morgan fingerprint density at radius 1 is 1.00 bits per heavy atom. The van der Waals surface area contributed by atoms with E-state index >= 15 is 0 Å². The molecule has 2 aliphatic heterocycles. The van der Waals surface area contributed by atoms with Crippen LogP contribution in [0.25, 0.3) is 0 Å². The molecule has 2 aliphatic rings. The van der Waals surface area contributed by atoms with Crippen molar-refractivity contribution in [3.8, 4) is 11.5 Å². The molecule has 11 heteroatoms. The minimum absolute atomic E-state index is 0.00706. The summed E-state index contributed by atoms with van der Waals surface area (Å²) < 4.78 is 53.2. The number of pyridine rings is 1. The summed E-state index contributed by atoms with van der Waals surface area (Å²) in [6, 6.07) is 13.4. The fourth-order valence-electron chi connectivity index (χ4n) is 6.21. The Balaban J connectivity index is 1.38. The quantitative estimate of drug-likeness (QED) is 0.222. The Labute approximate surface area is 284 Å². The van der Waals surface area contributed by atoms with Crippen molar-refractivity contribution in [1.82, 2.24) is 19.7 Å². The van der Waals surface area contributed by atoms with Crippen LogP contribution in [0.2, 0.25) is 18.1 Å². The lowest BCUT2D eigenvalue weighted by Gasteiger charge is -2.42. The largest absolute Gasteiger partial charge is 0.543 e. The molecule has 7 nitrogen and oxygen atoms in total. The molecule has 0 saturated carbocycles. The van der Waals surface area contributed by atoms with Crippen molar-refractivity contribution in [3.05, 3.63) is 88.2 Å². The Morgan fingerprint density at radius 3 is 2.46 bits per heavy atom. The molecular formula is C37H49F3N4O3Si. The first-order valence-corrected chi connectivity index (χ1v) is 19.7. The number of carbonyl (C=O) groups excluding carboxylic acids is 1. The van der Waals surface area contributed by atoms with Gasteiger partial charge in [-0.05, 0) is 78.5 Å². The highest BCUT2D eigenvalue weighted by Gasteiger charge is 2.40. The van der Waals surface area contributed by atoms with E-state index in [4.69, 9.17) is 9.16 Å². The second kappa shape index (κ2) is 14.2. The van der Waals surface area contributed by atoms with E-state index in [0.717, 1.165) is 61.6 Å². The molecule has 1 saturated heterocycles. The number of nitrogens with zero attached hydrogens (tertiary/aromatic N) is 4. The Bertz CT molecular complexity index is 1610. The number of benzene rings is 2. The fourth-order valence-corrected chi connectivity index (χ4v) is 7.29. The van der Waals surface area contributed by atoms with Crippen molar-refractivity contribution >= 4 is 14.2 Å². The van der Waals surface area contributed by atoms with E-state index < -0.39 is 26.0 Å².